The Kier molecular flexibility index (Phi) is 4.02. The smallest absolute Gasteiger partial charge is 0.115 e. The standard InChI is InChI=1S/C14H21NO2/c1-10(11-5-7-13(16)8-6-11)15-12-3-2-4-14(17)9-12/h5-8,10,12,14-17H,2-4,9H2,1H3. The van der Waals surface area contributed by atoms with Gasteiger partial charge in [-0.05, 0) is 50.3 Å². The first-order valence-corrected chi connectivity index (χ1v) is 6.38. The number of phenolic OH excluding ortho intramolecular Hbond substituents is 1. The number of aliphatic hydroxyl groups excluding tert-OH is 1. The van der Waals surface area contributed by atoms with Crippen molar-refractivity contribution in [3.63, 3.8) is 0 Å². The molecule has 3 unspecified atom stereocenters. The monoisotopic (exact) mass is 235 g/mol. The van der Waals surface area contributed by atoms with Crippen molar-refractivity contribution in [3.05, 3.63) is 29.8 Å². The van der Waals surface area contributed by atoms with Crippen LogP contribution in [0.1, 0.15) is 44.2 Å². The van der Waals surface area contributed by atoms with E-state index < -0.39 is 0 Å². The van der Waals surface area contributed by atoms with Crippen molar-refractivity contribution < 1.29 is 10.2 Å². The number of hydrogen-bond acceptors (Lipinski definition) is 3. The van der Waals surface area contributed by atoms with E-state index in [1.54, 1.807) is 12.1 Å². The summed E-state index contributed by atoms with van der Waals surface area (Å²) in [5, 5.41) is 22.4. The second-order valence-electron chi connectivity index (χ2n) is 5.00. The average molecular weight is 235 g/mol. The molecule has 17 heavy (non-hydrogen) atoms. The van der Waals surface area contributed by atoms with E-state index in [1.165, 1.54) is 5.56 Å². The van der Waals surface area contributed by atoms with Crippen molar-refractivity contribution >= 4 is 0 Å². The molecule has 3 nitrogen and oxygen atoms in total. The molecule has 0 spiro atoms. The first kappa shape index (κ1) is 12.4. The lowest BCUT2D eigenvalue weighted by molar-refractivity contribution is 0.109. The molecule has 0 amide bonds. The van der Waals surface area contributed by atoms with Gasteiger partial charge in [-0.2, -0.15) is 0 Å². The Labute approximate surface area is 102 Å². The minimum atomic E-state index is -0.145. The van der Waals surface area contributed by atoms with E-state index in [1.807, 2.05) is 12.1 Å². The van der Waals surface area contributed by atoms with Crippen LogP contribution in [0.2, 0.25) is 0 Å². The maximum atomic E-state index is 9.63. The number of rotatable bonds is 3. The van der Waals surface area contributed by atoms with Crippen molar-refractivity contribution in [2.24, 2.45) is 0 Å². The maximum Gasteiger partial charge on any atom is 0.115 e. The van der Waals surface area contributed by atoms with Gasteiger partial charge in [0.15, 0.2) is 0 Å². The summed E-state index contributed by atoms with van der Waals surface area (Å²) in [4.78, 5) is 0. The summed E-state index contributed by atoms with van der Waals surface area (Å²) in [6.45, 7) is 2.12. The fourth-order valence-corrected chi connectivity index (χ4v) is 2.53. The highest BCUT2D eigenvalue weighted by molar-refractivity contribution is 5.27. The van der Waals surface area contributed by atoms with E-state index in [0.29, 0.717) is 11.8 Å². The summed E-state index contributed by atoms with van der Waals surface area (Å²) in [5.41, 5.74) is 1.17. The van der Waals surface area contributed by atoms with Crippen LogP contribution in [0.25, 0.3) is 0 Å². The Bertz CT molecular complexity index is 350. The molecule has 1 aromatic rings. The van der Waals surface area contributed by atoms with Gasteiger partial charge in [-0.25, -0.2) is 0 Å². The molecule has 0 saturated heterocycles. The summed E-state index contributed by atoms with van der Waals surface area (Å²) in [5.74, 6) is 0.300. The third-order valence-corrected chi connectivity index (χ3v) is 3.53. The summed E-state index contributed by atoms with van der Waals surface area (Å²) in [6.07, 6.45) is 3.88. The van der Waals surface area contributed by atoms with Gasteiger partial charge in [0.05, 0.1) is 6.10 Å². The van der Waals surface area contributed by atoms with Crippen molar-refractivity contribution in [1.29, 1.82) is 0 Å². The van der Waals surface area contributed by atoms with E-state index in [2.05, 4.69) is 12.2 Å². The second kappa shape index (κ2) is 5.52. The van der Waals surface area contributed by atoms with Crippen LogP contribution < -0.4 is 5.32 Å². The molecule has 0 heterocycles. The molecule has 1 fully saturated rings. The van der Waals surface area contributed by atoms with Crippen molar-refractivity contribution in [1.82, 2.24) is 5.32 Å². The molecule has 0 radical (unpaired) electrons. The summed E-state index contributed by atoms with van der Waals surface area (Å²) in [6, 6.07) is 7.96. The van der Waals surface area contributed by atoms with Crippen molar-refractivity contribution in [2.45, 2.75) is 50.8 Å². The zero-order valence-electron chi connectivity index (χ0n) is 10.3. The van der Waals surface area contributed by atoms with E-state index in [-0.39, 0.29) is 12.1 Å². The quantitative estimate of drug-likeness (QED) is 0.753. The Hall–Kier alpha value is -1.06. The average Bonchev–Trinajstić information content (AvgIpc) is 2.29. The van der Waals surface area contributed by atoms with Crippen LogP contribution in [-0.4, -0.2) is 22.4 Å². The maximum absolute atomic E-state index is 9.63. The number of hydrogen-bond donors (Lipinski definition) is 3. The second-order valence-corrected chi connectivity index (χ2v) is 5.00. The molecular weight excluding hydrogens is 214 g/mol. The molecule has 0 bridgehead atoms. The summed E-state index contributed by atoms with van der Waals surface area (Å²) < 4.78 is 0. The summed E-state index contributed by atoms with van der Waals surface area (Å²) >= 11 is 0. The molecule has 0 aliphatic heterocycles. The third kappa shape index (κ3) is 3.45. The predicted octanol–water partition coefficient (Wildman–Crippen LogP) is 2.35. The highest BCUT2D eigenvalue weighted by Gasteiger charge is 2.21. The van der Waals surface area contributed by atoms with E-state index in [0.717, 1.165) is 25.7 Å². The molecule has 3 N–H and O–H groups in total. The number of aromatic hydroxyl groups is 1. The number of aliphatic hydroxyl groups is 1. The van der Waals surface area contributed by atoms with Gasteiger partial charge < -0.3 is 15.5 Å². The molecule has 2 rings (SSSR count). The summed E-state index contributed by atoms with van der Waals surface area (Å²) in [7, 11) is 0. The molecular formula is C14H21NO2. The van der Waals surface area contributed by atoms with Gasteiger partial charge in [-0.1, -0.05) is 12.1 Å². The predicted molar refractivity (Wildman–Crippen MR) is 67.9 cm³/mol. The fourth-order valence-electron chi connectivity index (χ4n) is 2.53. The molecule has 1 aromatic carbocycles. The van der Waals surface area contributed by atoms with Crippen molar-refractivity contribution in [2.75, 3.05) is 0 Å². The van der Waals surface area contributed by atoms with Crippen LogP contribution in [0.5, 0.6) is 5.75 Å². The van der Waals surface area contributed by atoms with Gasteiger partial charge in [-0.3, -0.25) is 0 Å². The lowest BCUT2D eigenvalue weighted by atomic mass is 9.92. The van der Waals surface area contributed by atoms with Gasteiger partial charge in [-0.15, -0.1) is 0 Å². The Morgan fingerprint density at radius 2 is 1.94 bits per heavy atom. The fraction of sp³-hybridized carbons (Fsp3) is 0.571. The molecule has 0 aromatic heterocycles. The minimum Gasteiger partial charge on any atom is -0.508 e. The highest BCUT2D eigenvalue weighted by atomic mass is 16.3. The number of nitrogens with one attached hydrogen (secondary N) is 1. The minimum absolute atomic E-state index is 0.145. The van der Waals surface area contributed by atoms with Crippen LogP contribution >= 0.6 is 0 Å². The van der Waals surface area contributed by atoms with Gasteiger partial charge in [0.2, 0.25) is 0 Å². The van der Waals surface area contributed by atoms with Crippen molar-refractivity contribution in [3.8, 4) is 5.75 Å². The van der Waals surface area contributed by atoms with Crippen LogP contribution in [0.4, 0.5) is 0 Å². The molecule has 1 aliphatic rings. The Morgan fingerprint density at radius 1 is 1.24 bits per heavy atom. The molecule has 3 heteroatoms. The van der Waals surface area contributed by atoms with Crippen LogP contribution in [0, 0.1) is 0 Å². The zero-order chi connectivity index (χ0) is 12.3. The topological polar surface area (TPSA) is 52.5 Å². The highest BCUT2D eigenvalue weighted by Crippen LogP contribution is 2.22. The van der Waals surface area contributed by atoms with Crippen LogP contribution in [0.3, 0.4) is 0 Å². The van der Waals surface area contributed by atoms with Gasteiger partial charge in [0.25, 0.3) is 0 Å². The SMILES string of the molecule is CC(NC1CCCC(O)C1)c1ccc(O)cc1. The lowest BCUT2D eigenvalue weighted by Gasteiger charge is -2.29. The molecule has 1 saturated carbocycles. The van der Waals surface area contributed by atoms with Gasteiger partial charge >= 0.3 is 0 Å². The van der Waals surface area contributed by atoms with Crippen LogP contribution in [0.15, 0.2) is 24.3 Å². The van der Waals surface area contributed by atoms with E-state index in [4.69, 9.17) is 0 Å². The van der Waals surface area contributed by atoms with Gasteiger partial charge in [0.1, 0.15) is 5.75 Å². The Balaban J connectivity index is 1.91. The van der Waals surface area contributed by atoms with Gasteiger partial charge in [0, 0.05) is 12.1 Å². The molecule has 3 atom stereocenters. The Morgan fingerprint density at radius 3 is 2.59 bits per heavy atom. The first-order valence-electron chi connectivity index (χ1n) is 6.38. The first-order chi connectivity index (χ1) is 8.15. The van der Waals surface area contributed by atoms with E-state index in [9.17, 15) is 10.2 Å². The largest absolute Gasteiger partial charge is 0.508 e. The molecule has 1 aliphatic carbocycles. The molecule has 94 valence electrons. The number of phenols is 1. The van der Waals surface area contributed by atoms with Crippen LogP contribution in [-0.2, 0) is 0 Å². The lowest BCUT2D eigenvalue weighted by Crippen LogP contribution is -2.37. The van der Waals surface area contributed by atoms with E-state index >= 15 is 0 Å². The zero-order valence-corrected chi connectivity index (χ0v) is 10.3. The number of benzene rings is 1. The third-order valence-electron chi connectivity index (χ3n) is 3.53. The normalized spacial score (nSPS) is 26.7.